The van der Waals surface area contributed by atoms with E-state index in [1.165, 1.54) is 5.56 Å². The molecule has 5 rings (SSSR count). The molecule has 0 saturated heterocycles. The number of rotatable bonds is 4. The third-order valence-electron chi connectivity index (χ3n) is 5.74. The Bertz CT molecular complexity index is 1440. The fraction of sp³-hybridized carbons (Fsp3) is 0.217. The van der Waals surface area contributed by atoms with Gasteiger partial charge in [0, 0.05) is 42.4 Å². The molecule has 1 aliphatic heterocycles. The van der Waals surface area contributed by atoms with Gasteiger partial charge in [0.25, 0.3) is 5.56 Å². The topological polar surface area (TPSA) is 98.9 Å². The SMILES string of the molecule is CS(=O)(=O)c1nc2c(c(=O)[nH]1)CCN(Cc1c(-c3ccccc3)[nH]c3ccccc13)C2. The predicted molar refractivity (Wildman–Crippen MR) is 120 cm³/mol. The molecule has 0 atom stereocenters. The summed E-state index contributed by atoms with van der Waals surface area (Å²) >= 11 is 0. The molecule has 0 aliphatic carbocycles. The molecule has 8 heteroatoms. The van der Waals surface area contributed by atoms with Gasteiger partial charge in [0.15, 0.2) is 0 Å². The van der Waals surface area contributed by atoms with Crippen molar-refractivity contribution in [1.82, 2.24) is 19.9 Å². The second-order valence-electron chi connectivity index (χ2n) is 7.92. The van der Waals surface area contributed by atoms with Gasteiger partial charge in [-0.25, -0.2) is 13.4 Å². The number of benzene rings is 2. The number of hydrogen-bond acceptors (Lipinski definition) is 5. The van der Waals surface area contributed by atoms with E-state index in [4.69, 9.17) is 0 Å². The van der Waals surface area contributed by atoms with Gasteiger partial charge >= 0.3 is 0 Å². The predicted octanol–water partition coefficient (Wildman–Crippen LogP) is 2.88. The van der Waals surface area contributed by atoms with E-state index in [-0.39, 0.29) is 10.7 Å². The number of nitrogens with zero attached hydrogens (tertiary/aromatic N) is 2. The second-order valence-corrected chi connectivity index (χ2v) is 9.85. The Kier molecular flexibility index (Phi) is 4.75. The Labute approximate surface area is 179 Å². The van der Waals surface area contributed by atoms with Crippen molar-refractivity contribution in [3.63, 3.8) is 0 Å². The third kappa shape index (κ3) is 3.68. The summed E-state index contributed by atoms with van der Waals surface area (Å²) in [5, 5.41) is 0.887. The number of sulfone groups is 1. The average molecular weight is 435 g/mol. The molecule has 3 heterocycles. The van der Waals surface area contributed by atoms with E-state index in [0.29, 0.717) is 37.3 Å². The Morgan fingerprint density at radius 3 is 2.55 bits per heavy atom. The van der Waals surface area contributed by atoms with Crippen molar-refractivity contribution in [3.8, 4) is 11.3 Å². The first-order valence-electron chi connectivity index (χ1n) is 10.1. The minimum absolute atomic E-state index is 0.268. The fourth-order valence-corrected chi connectivity index (χ4v) is 4.77. The Hall–Kier alpha value is -3.23. The second kappa shape index (κ2) is 7.47. The summed E-state index contributed by atoms with van der Waals surface area (Å²) in [6, 6.07) is 18.4. The van der Waals surface area contributed by atoms with Gasteiger partial charge in [-0.15, -0.1) is 0 Å². The summed E-state index contributed by atoms with van der Waals surface area (Å²) in [5.74, 6) is 0. The first kappa shape index (κ1) is 19.7. The molecule has 4 aromatic rings. The standard InChI is InChI=1S/C23H22N4O3S/c1-31(29,30)23-25-20-14-27(12-11-17(20)22(28)26-23)13-18-16-9-5-6-10-19(16)24-21(18)15-7-3-2-4-8-15/h2-10,24H,11-14H2,1H3,(H,25,26,28). The van der Waals surface area contributed by atoms with Crippen LogP contribution in [-0.4, -0.2) is 41.1 Å². The van der Waals surface area contributed by atoms with Gasteiger partial charge in [-0.1, -0.05) is 48.5 Å². The Morgan fingerprint density at radius 2 is 1.77 bits per heavy atom. The highest BCUT2D eigenvalue weighted by Crippen LogP contribution is 2.32. The van der Waals surface area contributed by atoms with E-state index in [2.05, 4.69) is 44.1 Å². The van der Waals surface area contributed by atoms with Crippen molar-refractivity contribution >= 4 is 20.7 Å². The normalized spacial score (nSPS) is 14.6. The molecule has 2 aromatic carbocycles. The summed E-state index contributed by atoms with van der Waals surface area (Å²) in [5.41, 5.74) is 5.19. The van der Waals surface area contributed by atoms with Crippen LogP contribution in [0, 0.1) is 0 Å². The number of fused-ring (bicyclic) bond motifs is 2. The quantitative estimate of drug-likeness (QED) is 0.481. The molecule has 158 valence electrons. The Balaban J connectivity index is 1.54. The van der Waals surface area contributed by atoms with Crippen molar-refractivity contribution in [2.24, 2.45) is 0 Å². The van der Waals surface area contributed by atoms with E-state index in [1.54, 1.807) is 0 Å². The largest absolute Gasteiger partial charge is 0.354 e. The van der Waals surface area contributed by atoms with Crippen LogP contribution in [-0.2, 0) is 29.3 Å². The van der Waals surface area contributed by atoms with Crippen LogP contribution < -0.4 is 5.56 Å². The molecule has 2 N–H and O–H groups in total. The highest BCUT2D eigenvalue weighted by molar-refractivity contribution is 7.90. The van der Waals surface area contributed by atoms with Crippen molar-refractivity contribution in [2.45, 2.75) is 24.7 Å². The number of hydrogen-bond donors (Lipinski definition) is 2. The van der Waals surface area contributed by atoms with Crippen LogP contribution in [0.25, 0.3) is 22.2 Å². The molecule has 1 aliphatic rings. The molecular formula is C23H22N4O3S. The van der Waals surface area contributed by atoms with Gasteiger partial charge in [-0.3, -0.25) is 14.7 Å². The van der Waals surface area contributed by atoms with Crippen molar-refractivity contribution in [1.29, 1.82) is 0 Å². The lowest BCUT2D eigenvalue weighted by atomic mass is 10.0. The summed E-state index contributed by atoms with van der Waals surface area (Å²) in [6.07, 6.45) is 1.58. The minimum atomic E-state index is -3.59. The maximum Gasteiger partial charge on any atom is 0.255 e. The molecule has 0 amide bonds. The molecule has 0 spiro atoms. The first-order valence-corrected chi connectivity index (χ1v) is 12.0. The van der Waals surface area contributed by atoms with Gasteiger partial charge in [0.2, 0.25) is 15.0 Å². The smallest absolute Gasteiger partial charge is 0.255 e. The lowest BCUT2D eigenvalue weighted by molar-refractivity contribution is 0.240. The van der Waals surface area contributed by atoms with Crippen molar-refractivity contribution < 1.29 is 8.42 Å². The molecule has 0 saturated carbocycles. The zero-order chi connectivity index (χ0) is 21.6. The molecule has 31 heavy (non-hydrogen) atoms. The van der Waals surface area contributed by atoms with E-state index >= 15 is 0 Å². The molecule has 0 bridgehead atoms. The molecule has 7 nitrogen and oxygen atoms in total. The monoisotopic (exact) mass is 434 g/mol. The number of aromatic nitrogens is 3. The lowest BCUT2D eigenvalue weighted by Gasteiger charge is -2.28. The molecule has 0 fully saturated rings. The van der Waals surface area contributed by atoms with Crippen LogP contribution in [0.5, 0.6) is 0 Å². The summed E-state index contributed by atoms with van der Waals surface area (Å²) in [7, 11) is -3.59. The number of aromatic amines is 2. The van der Waals surface area contributed by atoms with Crippen LogP contribution in [0.3, 0.4) is 0 Å². The minimum Gasteiger partial charge on any atom is -0.354 e. The Morgan fingerprint density at radius 1 is 1.03 bits per heavy atom. The summed E-state index contributed by atoms with van der Waals surface area (Å²) in [4.78, 5) is 24.8. The fourth-order valence-electron chi connectivity index (χ4n) is 4.22. The maximum absolute atomic E-state index is 12.4. The summed E-state index contributed by atoms with van der Waals surface area (Å²) < 4.78 is 23.8. The van der Waals surface area contributed by atoms with Gasteiger partial charge < -0.3 is 4.98 Å². The number of nitrogens with one attached hydrogen (secondary N) is 2. The van der Waals surface area contributed by atoms with Gasteiger partial charge in [-0.2, -0.15) is 0 Å². The van der Waals surface area contributed by atoms with Crippen LogP contribution in [0.1, 0.15) is 16.8 Å². The van der Waals surface area contributed by atoms with Gasteiger partial charge in [0.05, 0.1) is 11.4 Å². The molecule has 2 aromatic heterocycles. The van der Waals surface area contributed by atoms with E-state index < -0.39 is 9.84 Å². The van der Waals surface area contributed by atoms with Crippen molar-refractivity contribution in [3.05, 3.63) is 81.8 Å². The highest BCUT2D eigenvalue weighted by atomic mass is 32.2. The first-order chi connectivity index (χ1) is 14.9. The molecular weight excluding hydrogens is 412 g/mol. The molecule has 0 radical (unpaired) electrons. The van der Waals surface area contributed by atoms with E-state index in [1.807, 2.05) is 30.3 Å². The van der Waals surface area contributed by atoms with E-state index in [9.17, 15) is 13.2 Å². The number of H-pyrrole nitrogens is 2. The number of para-hydroxylation sites is 1. The zero-order valence-corrected chi connectivity index (χ0v) is 17.9. The van der Waals surface area contributed by atoms with Gasteiger partial charge in [-0.05, 0) is 23.6 Å². The van der Waals surface area contributed by atoms with Crippen molar-refractivity contribution in [2.75, 3.05) is 12.8 Å². The van der Waals surface area contributed by atoms with Gasteiger partial charge in [0.1, 0.15) is 0 Å². The maximum atomic E-state index is 12.4. The summed E-state index contributed by atoms with van der Waals surface area (Å²) in [6.45, 7) is 1.79. The highest BCUT2D eigenvalue weighted by Gasteiger charge is 2.25. The zero-order valence-electron chi connectivity index (χ0n) is 17.1. The molecule has 0 unspecified atom stereocenters. The van der Waals surface area contributed by atoms with Crippen LogP contribution >= 0.6 is 0 Å². The van der Waals surface area contributed by atoms with Crippen LogP contribution in [0.2, 0.25) is 0 Å². The average Bonchev–Trinajstić information content (AvgIpc) is 3.12. The van der Waals surface area contributed by atoms with Crippen LogP contribution in [0.4, 0.5) is 0 Å². The van der Waals surface area contributed by atoms with Crippen LogP contribution in [0.15, 0.2) is 64.5 Å². The lowest BCUT2D eigenvalue weighted by Crippen LogP contribution is -2.35. The van der Waals surface area contributed by atoms with E-state index in [0.717, 1.165) is 28.4 Å². The third-order valence-corrected chi connectivity index (χ3v) is 6.64.